The highest BCUT2D eigenvalue weighted by Crippen LogP contribution is 2.79. The number of aliphatic hydroxyl groups is 1. The number of carbonyl (C=O) groups is 1. The Bertz CT molecular complexity index is 796. The summed E-state index contributed by atoms with van der Waals surface area (Å²) in [5.41, 5.74) is 0.0933. The molecule has 0 amide bonds. The topological polar surface area (TPSA) is 57.5 Å². The van der Waals surface area contributed by atoms with Gasteiger partial charge in [0.2, 0.25) is 0 Å². The summed E-state index contributed by atoms with van der Waals surface area (Å²) in [5, 5.41) is 21.2. The molecule has 4 heteroatoms. The van der Waals surface area contributed by atoms with Crippen molar-refractivity contribution < 1.29 is 15.0 Å². The maximum Gasteiger partial charge on any atom is 0.303 e. The van der Waals surface area contributed by atoms with Gasteiger partial charge in [-0.1, -0.05) is 51.6 Å². The molecule has 3 nitrogen and oxygen atoms in total. The largest absolute Gasteiger partial charge is 0.481 e. The zero-order valence-electron chi connectivity index (χ0n) is 21.2. The molecule has 0 heterocycles. The Balaban J connectivity index is 1.78. The van der Waals surface area contributed by atoms with E-state index < -0.39 is 5.97 Å². The lowest BCUT2D eigenvalue weighted by molar-refractivity contribution is -0.238. The Morgan fingerprint density at radius 2 is 1.85 bits per heavy atom. The lowest BCUT2D eigenvalue weighted by Gasteiger charge is -2.72. The summed E-state index contributed by atoms with van der Waals surface area (Å²) in [7, 11) is 6.42. The molecule has 0 saturated heterocycles. The number of hydrogen-bond donors (Lipinski definition) is 2. The zero-order chi connectivity index (χ0) is 24.2. The van der Waals surface area contributed by atoms with E-state index in [1.165, 1.54) is 0 Å². The lowest BCUT2D eigenvalue weighted by atomic mass is 9.32. The van der Waals surface area contributed by atoms with Crippen LogP contribution in [0.5, 0.6) is 0 Å². The van der Waals surface area contributed by atoms with Crippen LogP contribution in [0.2, 0.25) is 5.82 Å². The van der Waals surface area contributed by atoms with E-state index in [1.54, 1.807) is 0 Å². The van der Waals surface area contributed by atoms with Gasteiger partial charge >= 0.3 is 5.97 Å². The first-order chi connectivity index (χ1) is 15.5. The van der Waals surface area contributed by atoms with E-state index >= 15 is 0 Å². The molecule has 33 heavy (non-hydrogen) atoms. The smallest absolute Gasteiger partial charge is 0.303 e. The number of carboxylic acid groups (broad SMARTS) is 1. The molecule has 10 atom stereocenters. The number of aliphatic hydroxyl groups excluding tert-OH is 1. The van der Waals surface area contributed by atoms with Gasteiger partial charge in [0.05, 0.1) is 14.0 Å². The summed E-state index contributed by atoms with van der Waals surface area (Å²) in [6.45, 7) is 15.8. The van der Waals surface area contributed by atoms with Crippen molar-refractivity contribution in [3.63, 3.8) is 0 Å². The van der Waals surface area contributed by atoms with Crippen molar-refractivity contribution >= 4 is 13.8 Å². The first-order valence-electron chi connectivity index (χ1n) is 13.4. The molecule has 0 aromatic rings. The molecule has 2 N–H and O–H groups in total. The van der Waals surface area contributed by atoms with Gasteiger partial charge in [-0.05, 0) is 90.8 Å². The highest BCUT2D eigenvalue weighted by Gasteiger charge is 2.73. The highest BCUT2D eigenvalue weighted by atomic mass is 16.4. The molecular weight excluding hydrogens is 407 g/mol. The zero-order valence-corrected chi connectivity index (χ0v) is 21.2. The van der Waals surface area contributed by atoms with Crippen molar-refractivity contribution in [1.82, 2.24) is 0 Å². The van der Waals surface area contributed by atoms with Crippen molar-refractivity contribution in [2.24, 2.45) is 45.3 Å². The van der Waals surface area contributed by atoms with Crippen LogP contribution in [-0.2, 0) is 4.79 Å². The summed E-state index contributed by atoms with van der Waals surface area (Å²) in [5.74, 6) is 1.01. The Labute approximate surface area is 202 Å². The third kappa shape index (κ3) is 3.36. The fourth-order valence-electron chi connectivity index (χ4n) is 10.3. The van der Waals surface area contributed by atoms with Crippen molar-refractivity contribution in [3.8, 4) is 0 Å². The molecule has 4 rings (SSSR count). The van der Waals surface area contributed by atoms with Gasteiger partial charge in [-0.15, -0.1) is 13.2 Å². The molecule has 0 spiro atoms. The second-order valence-corrected chi connectivity index (χ2v) is 12.8. The summed E-state index contributed by atoms with van der Waals surface area (Å²) >= 11 is 0. The van der Waals surface area contributed by atoms with Gasteiger partial charge in [-0.3, -0.25) is 4.79 Å². The minimum Gasteiger partial charge on any atom is -0.481 e. The quantitative estimate of drug-likeness (QED) is 0.339. The van der Waals surface area contributed by atoms with Crippen molar-refractivity contribution in [1.29, 1.82) is 0 Å². The molecule has 0 bridgehead atoms. The number of carboxylic acids is 1. The van der Waals surface area contributed by atoms with Gasteiger partial charge in [-0.25, -0.2) is 0 Å². The van der Waals surface area contributed by atoms with Crippen LogP contribution in [0.1, 0.15) is 91.4 Å². The third-order valence-corrected chi connectivity index (χ3v) is 11.9. The average Bonchev–Trinajstić information content (AvgIpc) is 3.06. The third-order valence-electron chi connectivity index (χ3n) is 11.9. The Morgan fingerprint density at radius 1 is 1.12 bits per heavy atom. The minimum absolute atomic E-state index is 0.0176. The maximum atomic E-state index is 11.9. The van der Waals surface area contributed by atoms with Gasteiger partial charge in [-0.2, -0.15) is 0 Å². The molecule has 4 fully saturated rings. The fraction of sp³-hybridized carbons (Fsp3) is 0.828. The van der Waals surface area contributed by atoms with Crippen molar-refractivity contribution in [2.75, 3.05) is 0 Å². The van der Waals surface area contributed by atoms with E-state index in [0.29, 0.717) is 17.8 Å². The molecule has 4 saturated carbocycles. The standard InChI is InChI=1S/C29H45BO3/c1-6-12-29-14-11-22(19(3)8-9-24(32)33)27(29,5)15-16-28(7-2)25(29)23(31)18-20-17-21(30)10-13-26(20,28)4/h6-7,19-23,25,31H,1-2,8-18H2,3-5H3,(H,32,33)/t19-,20+,21?,22-,23+,25-,26+,27-,28+,29?/m1/s1. The molecule has 2 unspecified atom stereocenters. The molecule has 2 radical (unpaired) electrons. The first kappa shape index (κ1) is 25.1. The Morgan fingerprint density at radius 3 is 2.48 bits per heavy atom. The van der Waals surface area contributed by atoms with Crippen LogP contribution < -0.4 is 0 Å². The van der Waals surface area contributed by atoms with E-state index in [1.807, 2.05) is 0 Å². The Hall–Kier alpha value is -1.03. The summed E-state index contributed by atoms with van der Waals surface area (Å²) in [6, 6.07) is 0. The second-order valence-electron chi connectivity index (χ2n) is 12.8. The normalized spacial score (nSPS) is 49.9. The number of hydrogen-bond acceptors (Lipinski definition) is 2. The molecule has 4 aliphatic carbocycles. The number of fused-ring (bicyclic) bond motifs is 5. The van der Waals surface area contributed by atoms with Crippen LogP contribution in [0.4, 0.5) is 0 Å². The lowest BCUT2D eigenvalue weighted by Crippen LogP contribution is -2.67. The summed E-state index contributed by atoms with van der Waals surface area (Å²) < 4.78 is 0. The highest BCUT2D eigenvalue weighted by molar-refractivity contribution is 6.11. The first-order valence-corrected chi connectivity index (χ1v) is 13.4. The number of rotatable bonds is 7. The molecule has 182 valence electrons. The molecule has 0 aromatic heterocycles. The second kappa shape index (κ2) is 8.57. The number of aliphatic carboxylic acids is 1. The average molecular weight is 452 g/mol. The molecule has 0 aromatic carbocycles. The predicted molar refractivity (Wildman–Crippen MR) is 135 cm³/mol. The van der Waals surface area contributed by atoms with Gasteiger partial charge in [0.15, 0.2) is 0 Å². The van der Waals surface area contributed by atoms with Crippen LogP contribution in [-0.4, -0.2) is 30.1 Å². The summed E-state index contributed by atoms with van der Waals surface area (Å²) in [6.07, 6.45) is 14.3. The van der Waals surface area contributed by atoms with E-state index in [9.17, 15) is 15.0 Å². The predicted octanol–water partition coefficient (Wildman–Crippen LogP) is 6.58. The van der Waals surface area contributed by atoms with Crippen LogP contribution in [0.3, 0.4) is 0 Å². The van der Waals surface area contributed by atoms with Gasteiger partial charge < -0.3 is 10.2 Å². The SMILES string of the molecule is [B]C1CC[C@@]2(C)[C@@H](C1)C[C@H](O)[C@H]1C3(CC=C)CC[C@H]([C@H](C)CCC(=O)O)[C@@]3(C)CC[C@@]12C=C. The maximum absolute atomic E-state index is 11.9. The van der Waals surface area contributed by atoms with Crippen molar-refractivity contribution in [3.05, 3.63) is 25.3 Å². The number of allylic oxidation sites excluding steroid dienone is 2. The van der Waals surface area contributed by atoms with Gasteiger partial charge in [0.1, 0.15) is 0 Å². The van der Waals surface area contributed by atoms with Gasteiger partial charge in [0, 0.05) is 12.3 Å². The van der Waals surface area contributed by atoms with Crippen LogP contribution in [0.15, 0.2) is 25.3 Å². The summed E-state index contributed by atoms with van der Waals surface area (Å²) in [4.78, 5) is 11.3. The van der Waals surface area contributed by atoms with Crippen LogP contribution in [0.25, 0.3) is 0 Å². The van der Waals surface area contributed by atoms with E-state index in [4.69, 9.17) is 7.85 Å². The van der Waals surface area contributed by atoms with E-state index in [2.05, 4.69) is 46.1 Å². The molecule has 4 aliphatic rings. The monoisotopic (exact) mass is 452 g/mol. The van der Waals surface area contributed by atoms with Crippen LogP contribution in [0, 0.1) is 45.3 Å². The Kier molecular flexibility index (Phi) is 6.52. The van der Waals surface area contributed by atoms with Crippen molar-refractivity contribution in [2.45, 2.75) is 103 Å². The molecular formula is C29H45BO3. The van der Waals surface area contributed by atoms with Gasteiger partial charge in [0.25, 0.3) is 0 Å². The van der Waals surface area contributed by atoms with E-state index in [0.717, 1.165) is 64.2 Å². The van der Waals surface area contributed by atoms with E-state index in [-0.39, 0.29) is 45.9 Å². The molecule has 0 aliphatic heterocycles. The minimum atomic E-state index is -0.700. The van der Waals surface area contributed by atoms with Crippen LogP contribution >= 0.6 is 0 Å². The fourth-order valence-corrected chi connectivity index (χ4v) is 10.3.